The highest BCUT2D eigenvalue weighted by molar-refractivity contribution is 9.11. The van der Waals surface area contributed by atoms with E-state index in [1.807, 2.05) is 6.07 Å². The van der Waals surface area contributed by atoms with E-state index in [0.717, 1.165) is 10.2 Å². The summed E-state index contributed by atoms with van der Waals surface area (Å²) in [6.45, 7) is 0. The highest BCUT2D eigenvalue weighted by Gasteiger charge is 2.39. The Balaban J connectivity index is 2.16. The molecule has 1 saturated carbocycles. The molecular weight excluding hydrogens is 222 g/mol. The maximum Gasteiger partial charge on any atom is 0.0701 e. The molecule has 3 heteroatoms. The highest BCUT2D eigenvalue weighted by Crippen LogP contribution is 2.49. The van der Waals surface area contributed by atoms with Crippen LogP contribution in [0, 0.1) is 17.2 Å². The summed E-state index contributed by atoms with van der Waals surface area (Å²) in [6, 6.07) is 6.44. The number of nitrogens with zero attached hydrogens (tertiary/aromatic N) is 1. The van der Waals surface area contributed by atoms with Crippen molar-refractivity contribution < 1.29 is 0 Å². The minimum atomic E-state index is 0.292. The summed E-state index contributed by atoms with van der Waals surface area (Å²) in [5.74, 6) is 0.830. The largest absolute Gasteiger partial charge is 0.198 e. The van der Waals surface area contributed by atoms with Gasteiger partial charge in [-0.05, 0) is 34.5 Å². The molecule has 2 unspecified atom stereocenters. The fourth-order valence-electron chi connectivity index (χ4n) is 1.18. The number of hydrogen-bond acceptors (Lipinski definition) is 2. The van der Waals surface area contributed by atoms with Gasteiger partial charge in [0.05, 0.1) is 15.8 Å². The minimum Gasteiger partial charge on any atom is -0.198 e. The zero-order valence-electron chi connectivity index (χ0n) is 5.75. The summed E-state index contributed by atoms with van der Waals surface area (Å²) in [7, 11) is 0. The van der Waals surface area contributed by atoms with Crippen molar-refractivity contribution in [2.24, 2.45) is 5.92 Å². The van der Waals surface area contributed by atoms with Gasteiger partial charge >= 0.3 is 0 Å². The van der Waals surface area contributed by atoms with Gasteiger partial charge in [-0.15, -0.1) is 11.3 Å². The molecule has 56 valence electrons. The summed E-state index contributed by atoms with van der Waals surface area (Å²) in [5, 5.41) is 8.59. The fourth-order valence-corrected chi connectivity index (χ4v) is 2.78. The SMILES string of the molecule is N#CC1CC1c1ccc(Br)s1. The Morgan fingerprint density at radius 1 is 1.64 bits per heavy atom. The van der Waals surface area contributed by atoms with E-state index in [1.54, 1.807) is 11.3 Å². The molecule has 0 bridgehead atoms. The highest BCUT2D eigenvalue weighted by atomic mass is 79.9. The standard InChI is InChI=1S/C8H6BrNS/c9-8-2-1-7(11-8)6-3-5(6)4-10/h1-2,5-6H,3H2. The Morgan fingerprint density at radius 2 is 2.45 bits per heavy atom. The van der Waals surface area contributed by atoms with Crippen molar-refractivity contribution in [3.8, 4) is 6.07 Å². The summed E-state index contributed by atoms with van der Waals surface area (Å²) >= 11 is 5.15. The van der Waals surface area contributed by atoms with E-state index in [4.69, 9.17) is 5.26 Å². The predicted molar refractivity (Wildman–Crippen MR) is 48.5 cm³/mol. The Morgan fingerprint density at radius 3 is 2.91 bits per heavy atom. The molecule has 2 atom stereocenters. The second-order valence-corrected chi connectivity index (χ2v) is 5.21. The van der Waals surface area contributed by atoms with Gasteiger partial charge in [-0.25, -0.2) is 0 Å². The fraction of sp³-hybridized carbons (Fsp3) is 0.375. The molecule has 2 rings (SSSR count). The molecule has 1 aromatic rings. The molecular formula is C8H6BrNS. The molecule has 1 aliphatic rings. The number of hydrogen-bond donors (Lipinski definition) is 0. The molecule has 1 heterocycles. The Labute approximate surface area is 77.8 Å². The van der Waals surface area contributed by atoms with Gasteiger partial charge in [0.2, 0.25) is 0 Å². The third-order valence-corrected chi connectivity index (χ3v) is 3.67. The lowest BCUT2D eigenvalue weighted by atomic mass is 10.3. The van der Waals surface area contributed by atoms with E-state index >= 15 is 0 Å². The molecule has 0 N–H and O–H groups in total. The van der Waals surface area contributed by atoms with Crippen LogP contribution in [-0.4, -0.2) is 0 Å². The van der Waals surface area contributed by atoms with Crippen molar-refractivity contribution in [2.75, 3.05) is 0 Å². The Hall–Kier alpha value is -0.330. The average molecular weight is 228 g/mol. The van der Waals surface area contributed by atoms with Gasteiger partial charge in [0.25, 0.3) is 0 Å². The maximum atomic E-state index is 8.59. The number of nitriles is 1. The van der Waals surface area contributed by atoms with Crippen molar-refractivity contribution in [3.05, 3.63) is 20.8 Å². The first kappa shape index (κ1) is 7.33. The number of halogens is 1. The van der Waals surface area contributed by atoms with Crippen LogP contribution in [0.5, 0.6) is 0 Å². The van der Waals surface area contributed by atoms with Gasteiger partial charge in [-0.1, -0.05) is 0 Å². The summed E-state index contributed by atoms with van der Waals surface area (Å²) < 4.78 is 1.16. The van der Waals surface area contributed by atoms with Gasteiger partial charge in [-0.3, -0.25) is 0 Å². The Bertz CT molecular complexity index is 312. The summed E-state index contributed by atoms with van der Waals surface area (Å²) in [5.41, 5.74) is 0. The average Bonchev–Trinajstić information content (AvgIpc) is 2.68. The van der Waals surface area contributed by atoms with E-state index < -0.39 is 0 Å². The Kier molecular flexibility index (Phi) is 1.74. The van der Waals surface area contributed by atoms with E-state index in [0.29, 0.717) is 11.8 Å². The summed E-state index contributed by atoms with van der Waals surface area (Å²) in [4.78, 5) is 1.35. The normalized spacial score (nSPS) is 28.0. The van der Waals surface area contributed by atoms with Crippen LogP contribution < -0.4 is 0 Å². The zero-order valence-corrected chi connectivity index (χ0v) is 8.15. The van der Waals surface area contributed by atoms with Crippen LogP contribution >= 0.6 is 27.3 Å². The first-order chi connectivity index (χ1) is 5.31. The van der Waals surface area contributed by atoms with Crippen LogP contribution in [-0.2, 0) is 0 Å². The molecule has 0 aliphatic heterocycles. The van der Waals surface area contributed by atoms with Crippen LogP contribution in [0.3, 0.4) is 0 Å². The predicted octanol–water partition coefficient (Wildman–Crippen LogP) is 3.14. The van der Waals surface area contributed by atoms with Gasteiger partial charge in [0, 0.05) is 10.8 Å². The van der Waals surface area contributed by atoms with Crippen molar-refractivity contribution >= 4 is 27.3 Å². The maximum absolute atomic E-state index is 8.59. The number of thiophene rings is 1. The van der Waals surface area contributed by atoms with E-state index in [2.05, 4.69) is 28.1 Å². The number of rotatable bonds is 1. The topological polar surface area (TPSA) is 23.8 Å². The smallest absolute Gasteiger partial charge is 0.0701 e. The third-order valence-electron chi connectivity index (χ3n) is 1.92. The molecule has 1 aromatic heterocycles. The van der Waals surface area contributed by atoms with E-state index in [-0.39, 0.29) is 0 Å². The van der Waals surface area contributed by atoms with Crippen LogP contribution in [0.25, 0.3) is 0 Å². The van der Waals surface area contributed by atoms with Crippen LogP contribution in [0.15, 0.2) is 15.9 Å². The second-order valence-electron chi connectivity index (χ2n) is 2.72. The molecule has 1 fully saturated rings. The molecule has 1 aliphatic carbocycles. The molecule has 0 amide bonds. The lowest BCUT2D eigenvalue weighted by Gasteiger charge is -1.85. The lowest BCUT2D eigenvalue weighted by molar-refractivity contribution is 1.05. The lowest BCUT2D eigenvalue weighted by Crippen LogP contribution is -1.72. The molecule has 0 saturated heterocycles. The molecule has 0 aromatic carbocycles. The van der Waals surface area contributed by atoms with E-state index in [1.165, 1.54) is 4.88 Å². The van der Waals surface area contributed by atoms with Crippen molar-refractivity contribution in [2.45, 2.75) is 12.3 Å². The van der Waals surface area contributed by atoms with Gasteiger partial charge in [0.1, 0.15) is 0 Å². The van der Waals surface area contributed by atoms with Crippen LogP contribution in [0.4, 0.5) is 0 Å². The molecule has 0 radical (unpaired) electrons. The zero-order chi connectivity index (χ0) is 7.84. The first-order valence-corrected chi connectivity index (χ1v) is 5.07. The van der Waals surface area contributed by atoms with Gasteiger partial charge < -0.3 is 0 Å². The monoisotopic (exact) mass is 227 g/mol. The quantitative estimate of drug-likeness (QED) is 0.724. The van der Waals surface area contributed by atoms with Crippen LogP contribution in [0.2, 0.25) is 0 Å². The molecule has 1 nitrogen and oxygen atoms in total. The van der Waals surface area contributed by atoms with Crippen molar-refractivity contribution in [1.29, 1.82) is 5.26 Å². The van der Waals surface area contributed by atoms with E-state index in [9.17, 15) is 0 Å². The van der Waals surface area contributed by atoms with Crippen molar-refractivity contribution in [1.82, 2.24) is 0 Å². The van der Waals surface area contributed by atoms with Crippen LogP contribution in [0.1, 0.15) is 17.2 Å². The molecule has 11 heavy (non-hydrogen) atoms. The van der Waals surface area contributed by atoms with Gasteiger partial charge in [-0.2, -0.15) is 5.26 Å². The molecule has 0 spiro atoms. The van der Waals surface area contributed by atoms with Crippen molar-refractivity contribution in [3.63, 3.8) is 0 Å². The second kappa shape index (κ2) is 2.62. The minimum absolute atomic E-state index is 0.292. The third kappa shape index (κ3) is 1.33. The summed E-state index contributed by atoms with van der Waals surface area (Å²) in [6.07, 6.45) is 1.06. The first-order valence-electron chi connectivity index (χ1n) is 3.46. The van der Waals surface area contributed by atoms with Gasteiger partial charge in [0.15, 0.2) is 0 Å².